The maximum absolute atomic E-state index is 12.4. The van der Waals surface area contributed by atoms with Crippen molar-refractivity contribution in [1.82, 2.24) is 25.3 Å². The Morgan fingerprint density at radius 1 is 1.33 bits per heavy atom. The second-order valence-electron chi connectivity index (χ2n) is 5.70. The molecule has 0 spiro atoms. The van der Waals surface area contributed by atoms with Crippen LogP contribution in [-0.4, -0.2) is 38.2 Å². The van der Waals surface area contributed by atoms with Gasteiger partial charge in [-0.1, -0.05) is 18.2 Å². The monoisotopic (exact) mass is 325 g/mol. The van der Waals surface area contributed by atoms with Gasteiger partial charge in [-0.3, -0.25) is 9.59 Å². The molecular weight excluding hydrogens is 306 g/mol. The van der Waals surface area contributed by atoms with Crippen molar-refractivity contribution in [2.24, 2.45) is 0 Å². The van der Waals surface area contributed by atoms with Crippen LogP contribution in [0.5, 0.6) is 0 Å². The van der Waals surface area contributed by atoms with E-state index in [0.717, 1.165) is 16.6 Å². The molecular formula is C17H19N5O2. The number of H-pyrrole nitrogens is 1. The second-order valence-corrected chi connectivity index (χ2v) is 5.70. The summed E-state index contributed by atoms with van der Waals surface area (Å²) in [5.74, 6) is -0.113. The number of Topliss-reactive ketones (excluding diaryl/α,β-unsaturated/α-hetero) is 1. The average molecular weight is 325 g/mol. The van der Waals surface area contributed by atoms with Crippen LogP contribution >= 0.6 is 0 Å². The number of para-hydroxylation sites is 1. The van der Waals surface area contributed by atoms with Crippen LogP contribution in [0, 0.1) is 0 Å². The fourth-order valence-electron chi connectivity index (χ4n) is 2.74. The van der Waals surface area contributed by atoms with Crippen molar-refractivity contribution in [3.05, 3.63) is 47.9 Å². The van der Waals surface area contributed by atoms with E-state index in [0.29, 0.717) is 18.5 Å². The Hall–Kier alpha value is -2.96. The molecule has 7 nitrogen and oxygen atoms in total. The van der Waals surface area contributed by atoms with Gasteiger partial charge >= 0.3 is 0 Å². The molecule has 0 saturated heterocycles. The molecule has 3 rings (SSSR count). The topological polar surface area (TPSA) is 92.7 Å². The van der Waals surface area contributed by atoms with Gasteiger partial charge in [-0.2, -0.15) is 15.4 Å². The van der Waals surface area contributed by atoms with E-state index in [2.05, 4.69) is 20.7 Å². The fraction of sp³-hybridized carbons (Fsp3) is 0.294. The molecule has 1 aromatic carbocycles. The first-order valence-electron chi connectivity index (χ1n) is 7.81. The van der Waals surface area contributed by atoms with Crippen molar-refractivity contribution in [3.8, 4) is 0 Å². The summed E-state index contributed by atoms with van der Waals surface area (Å²) in [4.78, 5) is 24.3. The molecule has 0 bridgehead atoms. The third-order valence-corrected chi connectivity index (χ3v) is 4.06. The third-order valence-electron chi connectivity index (χ3n) is 4.06. The minimum atomic E-state index is -0.416. The van der Waals surface area contributed by atoms with Gasteiger partial charge in [0, 0.05) is 35.6 Å². The highest BCUT2D eigenvalue weighted by Gasteiger charge is 2.19. The van der Waals surface area contributed by atoms with E-state index in [4.69, 9.17) is 0 Å². The molecule has 2 N–H and O–H groups in total. The SMILES string of the molecule is CC(=O)c1cn([C@H](C)C(=O)NCCc2cn[nH]n2)c2ccccc12. The van der Waals surface area contributed by atoms with Crippen LogP contribution in [0.2, 0.25) is 0 Å². The van der Waals surface area contributed by atoms with Crippen molar-refractivity contribution >= 4 is 22.6 Å². The quantitative estimate of drug-likeness (QED) is 0.677. The van der Waals surface area contributed by atoms with Gasteiger partial charge in [0.15, 0.2) is 5.78 Å². The third kappa shape index (κ3) is 3.05. The molecule has 0 aliphatic heterocycles. The molecule has 1 atom stereocenters. The molecule has 2 aromatic heterocycles. The van der Waals surface area contributed by atoms with Gasteiger partial charge in [0.05, 0.1) is 11.9 Å². The maximum atomic E-state index is 12.4. The number of carbonyl (C=O) groups excluding carboxylic acids is 2. The first-order chi connectivity index (χ1) is 11.6. The second kappa shape index (κ2) is 6.66. The number of rotatable bonds is 6. The van der Waals surface area contributed by atoms with Crippen LogP contribution in [-0.2, 0) is 11.2 Å². The summed E-state index contributed by atoms with van der Waals surface area (Å²) in [7, 11) is 0. The van der Waals surface area contributed by atoms with E-state index < -0.39 is 6.04 Å². The number of nitrogens with zero attached hydrogens (tertiary/aromatic N) is 3. The summed E-state index contributed by atoms with van der Waals surface area (Å²) >= 11 is 0. The number of hydrogen-bond donors (Lipinski definition) is 2. The van der Waals surface area contributed by atoms with Crippen LogP contribution in [0.4, 0.5) is 0 Å². The van der Waals surface area contributed by atoms with Gasteiger partial charge < -0.3 is 9.88 Å². The zero-order valence-corrected chi connectivity index (χ0v) is 13.6. The van der Waals surface area contributed by atoms with E-state index in [1.165, 1.54) is 6.92 Å². The molecule has 0 aliphatic rings. The molecule has 0 aliphatic carbocycles. The number of hydrogen-bond acceptors (Lipinski definition) is 4. The molecule has 1 amide bonds. The van der Waals surface area contributed by atoms with E-state index in [1.807, 2.05) is 35.8 Å². The van der Waals surface area contributed by atoms with Crippen molar-refractivity contribution in [3.63, 3.8) is 0 Å². The molecule has 24 heavy (non-hydrogen) atoms. The zero-order chi connectivity index (χ0) is 17.1. The molecule has 0 unspecified atom stereocenters. The Morgan fingerprint density at radius 3 is 2.83 bits per heavy atom. The Balaban J connectivity index is 1.76. The van der Waals surface area contributed by atoms with Gasteiger partial charge in [0.2, 0.25) is 5.91 Å². The smallest absolute Gasteiger partial charge is 0.242 e. The first kappa shape index (κ1) is 15.9. The predicted octanol–water partition coefficient (Wildman–Crippen LogP) is 1.88. The minimum absolute atomic E-state index is 0.0106. The number of nitrogens with one attached hydrogen (secondary N) is 2. The van der Waals surface area contributed by atoms with Crippen LogP contribution in [0.15, 0.2) is 36.7 Å². The van der Waals surface area contributed by atoms with Crippen molar-refractivity contribution in [2.45, 2.75) is 26.3 Å². The predicted molar refractivity (Wildman–Crippen MR) is 89.7 cm³/mol. The number of ketones is 1. The van der Waals surface area contributed by atoms with Crippen LogP contribution < -0.4 is 5.32 Å². The van der Waals surface area contributed by atoms with Crippen LogP contribution in [0.1, 0.15) is 35.9 Å². The number of fused-ring (bicyclic) bond motifs is 1. The van der Waals surface area contributed by atoms with E-state index >= 15 is 0 Å². The maximum Gasteiger partial charge on any atom is 0.242 e. The Bertz CT molecular complexity index is 866. The highest BCUT2D eigenvalue weighted by atomic mass is 16.2. The molecule has 0 radical (unpaired) electrons. The Kier molecular flexibility index (Phi) is 4.41. The highest BCUT2D eigenvalue weighted by molar-refractivity contribution is 6.07. The zero-order valence-electron chi connectivity index (χ0n) is 13.6. The van der Waals surface area contributed by atoms with Crippen LogP contribution in [0.25, 0.3) is 10.9 Å². The number of benzene rings is 1. The van der Waals surface area contributed by atoms with Gasteiger partial charge in [-0.25, -0.2) is 0 Å². The summed E-state index contributed by atoms with van der Waals surface area (Å²) < 4.78 is 1.84. The van der Waals surface area contributed by atoms with Gasteiger partial charge in [0.25, 0.3) is 0 Å². The lowest BCUT2D eigenvalue weighted by atomic mass is 10.1. The van der Waals surface area contributed by atoms with Gasteiger partial charge in [-0.15, -0.1) is 0 Å². The largest absolute Gasteiger partial charge is 0.354 e. The lowest BCUT2D eigenvalue weighted by molar-refractivity contribution is -0.123. The van der Waals surface area contributed by atoms with Crippen molar-refractivity contribution < 1.29 is 9.59 Å². The summed E-state index contributed by atoms with van der Waals surface area (Å²) in [6, 6.07) is 7.19. The lowest BCUT2D eigenvalue weighted by Gasteiger charge is -2.15. The average Bonchev–Trinajstić information content (AvgIpc) is 3.21. The standard InChI is InChI=1S/C17H19N5O2/c1-11(17(24)18-8-7-13-9-19-21-20-13)22-10-15(12(2)23)14-5-3-4-6-16(14)22/h3-6,9-11H,7-8H2,1-2H3,(H,18,24)(H,19,20,21)/t11-/m1/s1. The number of amides is 1. The van der Waals surface area contributed by atoms with E-state index in [-0.39, 0.29) is 11.7 Å². The lowest BCUT2D eigenvalue weighted by Crippen LogP contribution is -2.32. The van der Waals surface area contributed by atoms with Gasteiger partial charge in [-0.05, 0) is 19.9 Å². The number of carbonyl (C=O) groups is 2. The Morgan fingerprint density at radius 2 is 2.12 bits per heavy atom. The normalized spacial score (nSPS) is 12.2. The van der Waals surface area contributed by atoms with Crippen LogP contribution in [0.3, 0.4) is 0 Å². The molecule has 2 heterocycles. The Labute approximate surface area is 139 Å². The molecule has 0 fully saturated rings. The van der Waals surface area contributed by atoms with Crippen molar-refractivity contribution in [2.75, 3.05) is 6.54 Å². The number of aromatic nitrogens is 4. The molecule has 7 heteroatoms. The van der Waals surface area contributed by atoms with Crippen molar-refractivity contribution in [1.29, 1.82) is 0 Å². The molecule has 0 saturated carbocycles. The minimum Gasteiger partial charge on any atom is -0.354 e. The van der Waals surface area contributed by atoms with Gasteiger partial charge in [0.1, 0.15) is 6.04 Å². The summed E-state index contributed by atoms with van der Waals surface area (Å²) in [6.07, 6.45) is 4.00. The molecule has 3 aromatic rings. The van der Waals surface area contributed by atoms with E-state index in [1.54, 1.807) is 12.4 Å². The van der Waals surface area contributed by atoms with E-state index in [9.17, 15) is 9.59 Å². The first-order valence-corrected chi connectivity index (χ1v) is 7.81. The summed E-state index contributed by atoms with van der Waals surface area (Å²) in [5.41, 5.74) is 2.31. The fourth-order valence-corrected chi connectivity index (χ4v) is 2.74. The summed E-state index contributed by atoms with van der Waals surface area (Å²) in [6.45, 7) is 3.84. The molecule has 124 valence electrons. The number of aromatic amines is 1. The highest BCUT2D eigenvalue weighted by Crippen LogP contribution is 2.25. The summed E-state index contributed by atoms with van der Waals surface area (Å²) in [5, 5.41) is 14.0.